The van der Waals surface area contributed by atoms with Gasteiger partial charge in [0.1, 0.15) is 12.4 Å². The first kappa shape index (κ1) is 20.0. The number of anilines is 1. The summed E-state index contributed by atoms with van der Waals surface area (Å²) in [5, 5.41) is 2.73. The summed E-state index contributed by atoms with van der Waals surface area (Å²) in [4.78, 5) is 2.57. The molecule has 0 aromatic heterocycles. The maximum atomic E-state index is 6.36. The molecule has 2 nitrogen and oxygen atoms in total. The third-order valence-corrected chi connectivity index (χ3v) is 6.85. The van der Waals surface area contributed by atoms with Crippen molar-refractivity contribution in [3.63, 3.8) is 0 Å². The van der Waals surface area contributed by atoms with E-state index in [1.54, 1.807) is 0 Å². The van der Waals surface area contributed by atoms with Gasteiger partial charge in [-0.25, -0.2) is 0 Å². The lowest BCUT2D eigenvalue weighted by molar-refractivity contribution is 0.307. The molecule has 1 fully saturated rings. The van der Waals surface area contributed by atoms with Gasteiger partial charge < -0.3 is 9.64 Å². The van der Waals surface area contributed by atoms with E-state index in [2.05, 4.69) is 79.4 Å². The largest absolute Gasteiger partial charge is 0.488 e. The van der Waals surface area contributed by atoms with Gasteiger partial charge in [0.2, 0.25) is 0 Å². The monoisotopic (exact) mass is 403 g/mol. The van der Waals surface area contributed by atoms with Gasteiger partial charge in [-0.2, -0.15) is 0 Å². The van der Waals surface area contributed by atoms with E-state index in [4.69, 9.17) is 4.74 Å². The molecule has 3 aromatic rings. The van der Waals surface area contributed by atoms with Crippen LogP contribution in [0.15, 0.2) is 66.7 Å². The number of piperidine rings is 1. The molecule has 1 aliphatic heterocycles. The zero-order valence-corrected chi connectivity index (χ0v) is 18.4. The molecular weight excluding hydrogens is 373 g/mol. The maximum absolute atomic E-state index is 6.36. The third-order valence-electron chi connectivity index (χ3n) is 5.52. The van der Waals surface area contributed by atoms with Gasteiger partial charge in [-0.05, 0) is 61.9 Å². The van der Waals surface area contributed by atoms with Gasteiger partial charge in [-0.1, -0.05) is 63.2 Å². The van der Waals surface area contributed by atoms with Gasteiger partial charge in [0.25, 0.3) is 0 Å². The molecule has 0 spiro atoms. The Morgan fingerprint density at radius 3 is 2.34 bits per heavy atom. The van der Waals surface area contributed by atoms with Crippen LogP contribution in [0.25, 0.3) is 0 Å². The number of para-hydroxylation sites is 1. The Labute approximate surface area is 176 Å². The third kappa shape index (κ3) is 5.00. The van der Waals surface area contributed by atoms with Crippen LogP contribution >= 0.6 is 8.58 Å². The molecule has 0 amide bonds. The molecule has 29 heavy (non-hydrogen) atoms. The fraction of sp³-hybridized carbons (Fsp3) is 0.308. The molecule has 1 atom stereocenters. The number of rotatable bonds is 6. The fourth-order valence-electron chi connectivity index (χ4n) is 4.10. The van der Waals surface area contributed by atoms with Crippen LogP contribution in [0, 0.1) is 13.8 Å². The highest BCUT2D eigenvalue weighted by Crippen LogP contribution is 2.29. The zero-order valence-electron chi connectivity index (χ0n) is 17.4. The summed E-state index contributed by atoms with van der Waals surface area (Å²) < 4.78 is 6.36. The predicted octanol–water partition coefficient (Wildman–Crippen LogP) is 5.50. The molecule has 1 unspecified atom stereocenters. The van der Waals surface area contributed by atoms with E-state index in [-0.39, 0.29) is 0 Å². The number of nitrogens with zero attached hydrogens (tertiary/aromatic N) is 1. The lowest BCUT2D eigenvalue weighted by Gasteiger charge is -2.30. The SMILES string of the molecule is Cc1cc(C)c(OCc2ccccc2)c(Pc2ccccc2N2CCCCC2)c1. The van der Waals surface area contributed by atoms with Crippen LogP contribution in [0.5, 0.6) is 5.75 Å². The molecule has 1 heterocycles. The maximum Gasteiger partial charge on any atom is 0.130 e. The van der Waals surface area contributed by atoms with E-state index in [1.807, 2.05) is 6.07 Å². The average molecular weight is 404 g/mol. The molecule has 3 heteroatoms. The van der Waals surface area contributed by atoms with Gasteiger partial charge >= 0.3 is 0 Å². The van der Waals surface area contributed by atoms with Gasteiger partial charge in [0, 0.05) is 29.4 Å². The molecule has 0 N–H and O–H groups in total. The summed E-state index contributed by atoms with van der Waals surface area (Å²) in [6.07, 6.45) is 3.95. The van der Waals surface area contributed by atoms with Crippen molar-refractivity contribution in [1.82, 2.24) is 0 Å². The van der Waals surface area contributed by atoms with Crippen LogP contribution in [0.2, 0.25) is 0 Å². The molecule has 0 saturated carbocycles. The summed E-state index contributed by atoms with van der Waals surface area (Å²) in [7, 11) is 0.592. The number of hydrogen-bond donors (Lipinski definition) is 0. The Kier molecular flexibility index (Phi) is 6.52. The minimum Gasteiger partial charge on any atom is -0.488 e. The molecule has 0 bridgehead atoms. The molecule has 0 aliphatic carbocycles. The Bertz CT molecular complexity index is 948. The van der Waals surface area contributed by atoms with Crippen LogP contribution in [-0.2, 0) is 6.61 Å². The van der Waals surface area contributed by atoms with Crippen LogP contribution in [-0.4, -0.2) is 13.1 Å². The highest BCUT2D eigenvalue weighted by Gasteiger charge is 2.16. The van der Waals surface area contributed by atoms with E-state index >= 15 is 0 Å². The van der Waals surface area contributed by atoms with Crippen molar-refractivity contribution >= 4 is 24.9 Å². The first-order valence-electron chi connectivity index (χ1n) is 10.6. The molecule has 1 aliphatic rings. The molecule has 0 radical (unpaired) electrons. The molecule has 1 saturated heterocycles. The minimum atomic E-state index is 0.592. The molecule has 3 aromatic carbocycles. The van der Waals surface area contributed by atoms with Crippen molar-refractivity contribution in [3.8, 4) is 5.75 Å². The van der Waals surface area contributed by atoms with E-state index in [0.29, 0.717) is 15.2 Å². The Balaban J connectivity index is 1.62. The van der Waals surface area contributed by atoms with E-state index in [9.17, 15) is 0 Å². The van der Waals surface area contributed by atoms with Crippen molar-refractivity contribution < 1.29 is 4.74 Å². The molecule has 150 valence electrons. The Hall–Kier alpha value is -2.31. The summed E-state index contributed by atoms with van der Waals surface area (Å²) in [5.41, 5.74) is 5.13. The standard InChI is InChI=1S/C26H30NOP/c1-20-17-21(2)26(28-19-22-11-5-3-6-12-22)25(18-20)29-24-14-8-7-13-23(24)27-15-9-4-10-16-27/h3,5-8,11-14,17-18,29H,4,9-10,15-16,19H2,1-2H3. The molecular formula is C26H30NOP. The normalized spacial score (nSPS) is 14.5. The Morgan fingerprint density at radius 1 is 0.828 bits per heavy atom. The first-order valence-corrected chi connectivity index (χ1v) is 11.6. The van der Waals surface area contributed by atoms with Crippen LogP contribution < -0.4 is 20.2 Å². The van der Waals surface area contributed by atoms with Gasteiger partial charge in [-0.3, -0.25) is 0 Å². The van der Waals surface area contributed by atoms with Crippen molar-refractivity contribution in [2.45, 2.75) is 39.7 Å². The molecule has 4 rings (SSSR count). The van der Waals surface area contributed by atoms with Crippen molar-refractivity contribution in [3.05, 3.63) is 83.4 Å². The second kappa shape index (κ2) is 9.46. The van der Waals surface area contributed by atoms with Crippen LogP contribution in [0.3, 0.4) is 0 Å². The topological polar surface area (TPSA) is 12.5 Å². The lowest BCUT2D eigenvalue weighted by atomic mass is 10.1. The second-order valence-corrected chi connectivity index (χ2v) is 9.25. The number of benzene rings is 3. The van der Waals surface area contributed by atoms with Crippen LogP contribution in [0.4, 0.5) is 5.69 Å². The average Bonchev–Trinajstić information content (AvgIpc) is 2.75. The fourth-order valence-corrected chi connectivity index (χ4v) is 5.63. The van der Waals surface area contributed by atoms with E-state index < -0.39 is 0 Å². The first-order chi connectivity index (χ1) is 14.2. The smallest absolute Gasteiger partial charge is 0.130 e. The quantitative estimate of drug-likeness (QED) is 0.504. The van der Waals surface area contributed by atoms with Gasteiger partial charge in [0.05, 0.1) is 0 Å². The lowest BCUT2D eigenvalue weighted by Crippen LogP contribution is -2.32. The number of hydrogen-bond acceptors (Lipinski definition) is 2. The number of ether oxygens (including phenoxy) is 1. The highest BCUT2D eigenvalue weighted by atomic mass is 31.1. The number of aryl methyl sites for hydroxylation is 2. The van der Waals surface area contributed by atoms with E-state index in [1.165, 1.54) is 65.3 Å². The van der Waals surface area contributed by atoms with Crippen LogP contribution in [0.1, 0.15) is 36.0 Å². The van der Waals surface area contributed by atoms with E-state index in [0.717, 1.165) is 5.75 Å². The second-order valence-electron chi connectivity index (χ2n) is 7.92. The highest BCUT2D eigenvalue weighted by molar-refractivity contribution is 7.56. The van der Waals surface area contributed by atoms with Crippen molar-refractivity contribution in [1.29, 1.82) is 0 Å². The Morgan fingerprint density at radius 2 is 1.55 bits per heavy atom. The summed E-state index contributed by atoms with van der Waals surface area (Å²) in [6.45, 7) is 7.30. The summed E-state index contributed by atoms with van der Waals surface area (Å²) in [6, 6.07) is 23.9. The van der Waals surface area contributed by atoms with Crippen molar-refractivity contribution in [2.24, 2.45) is 0 Å². The summed E-state index contributed by atoms with van der Waals surface area (Å²) in [5.74, 6) is 1.05. The van der Waals surface area contributed by atoms with Crippen molar-refractivity contribution in [2.75, 3.05) is 18.0 Å². The van der Waals surface area contributed by atoms with Gasteiger partial charge in [-0.15, -0.1) is 0 Å². The zero-order chi connectivity index (χ0) is 20.1. The minimum absolute atomic E-state index is 0.592. The predicted molar refractivity (Wildman–Crippen MR) is 127 cm³/mol. The summed E-state index contributed by atoms with van der Waals surface area (Å²) >= 11 is 0. The van der Waals surface area contributed by atoms with Gasteiger partial charge in [0.15, 0.2) is 0 Å².